The van der Waals surface area contributed by atoms with E-state index < -0.39 is 29.8 Å². The van der Waals surface area contributed by atoms with E-state index in [4.69, 9.17) is 10.5 Å². The van der Waals surface area contributed by atoms with Gasteiger partial charge in [-0.05, 0) is 49.8 Å². The van der Waals surface area contributed by atoms with Crippen LogP contribution in [0.4, 0.5) is 0 Å². The van der Waals surface area contributed by atoms with Crippen LogP contribution in [0, 0.1) is 11.8 Å². The molecule has 2 fully saturated rings. The standard InChI is InChI=1S/C25H33N5O5/c1-2-10-35-21-5-3-4-17-16(21)13-20(28-17)25(34)30-19(11-14-6-7-14)24(33)29-18(22(26)31)12-15-8-9-27-23(15)32/h3-5,13-15,18-19,28H,2,6-12H2,1H3,(H2,26,31)(H,27,32)(H,29,33)(H,30,34)/t15?,18-,19-/m0/s1. The topological polar surface area (TPSA) is 155 Å². The number of primary amides is 1. The summed E-state index contributed by atoms with van der Waals surface area (Å²) in [5.41, 5.74) is 6.59. The number of carbonyl (C=O) groups is 4. The average Bonchev–Trinajstić information content (AvgIpc) is 3.38. The summed E-state index contributed by atoms with van der Waals surface area (Å²) in [4.78, 5) is 53.2. The van der Waals surface area contributed by atoms with Crippen LogP contribution in [0.1, 0.15) is 55.9 Å². The summed E-state index contributed by atoms with van der Waals surface area (Å²) in [5.74, 6) is -1.09. The molecule has 35 heavy (non-hydrogen) atoms. The number of nitrogens with two attached hydrogens (primary N) is 1. The van der Waals surface area contributed by atoms with Crippen LogP contribution >= 0.6 is 0 Å². The number of hydrogen-bond acceptors (Lipinski definition) is 5. The number of aromatic amines is 1. The first-order chi connectivity index (χ1) is 16.9. The second kappa shape index (κ2) is 10.8. The van der Waals surface area contributed by atoms with Gasteiger partial charge in [-0.2, -0.15) is 0 Å². The zero-order chi connectivity index (χ0) is 24.9. The number of ether oxygens (including phenoxy) is 1. The normalized spacial score (nSPS) is 19.1. The molecule has 1 aliphatic carbocycles. The third-order valence-corrected chi connectivity index (χ3v) is 6.56. The van der Waals surface area contributed by atoms with Crippen molar-refractivity contribution in [1.82, 2.24) is 20.9 Å². The number of amides is 4. The van der Waals surface area contributed by atoms with Gasteiger partial charge in [0, 0.05) is 23.4 Å². The van der Waals surface area contributed by atoms with Crippen molar-refractivity contribution in [2.45, 2.75) is 57.5 Å². The number of nitrogens with one attached hydrogen (secondary N) is 4. The first kappa shape index (κ1) is 24.6. The zero-order valence-electron chi connectivity index (χ0n) is 19.9. The van der Waals surface area contributed by atoms with Crippen LogP contribution in [0.15, 0.2) is 24.3 Å². The van der Waals surface area contributed by atoms with E-state index in [2.05, 4.69) is 20.9 Å². The predicted molar refractivity (Wildman–Crippen MR) is 130 cm³/mol. The number of fused-ring (bicyclic) bond motifs is 1. The van der Waals surface area contributed by atoms with E-state index in [1.807, 2.05) is 25.1 Å². The Hall–Kier alpha value is -3.56. The van der Waals surface area contributed by atoms with Crippen LogP contribution < -0.4 is 26.4 Å². The van der Waals surface area contributed by atoms with Crippen molar-refractivity contribution in [2.24, 2.45) is 17.6 Å². The molecule has 1 unspecified atom stereocenters. The first-order valence-corrected chi connectivity index (χ1v) is 12.3. The van der Waals surface area contributed by atoms with Crippen molar-refractivity contribution in [3.05, 3.63) is 30.0 Å². The van der Waals surface area contributed by atoms with E-state index >= 15 is 0 Å². The van der Waals surface area contributed by atoms with Gasteiger partial charge in [-0.15, -0.1) is 0 Å². The predicted octanol–water partition coefficient (Wildman–Crippen LogP) is 1.35. The number of carbonyl (C=O) groups excluding carboxylic acids is 4. The molecule has 1 aliphatic heterocycles. The highest BCUT2D eigenvalue weighted by molar-refractivity contribution is 6.01. The molecular formula is C25H33N5O5. The molecule has 0 bridgehead atoms. The molecule has 10 heteroatoms. The first-order valence-electron chi connectivity index (χ1n) is 12.3. The minimum Gasteiger partial charge on any atom is -0.493 e. The lowest BCUT2D eigenvalue weighted by atomic mass is 9.97. The van der Waals surface area contributed by atoms with Gasteiger partial charge in [0.25, 0.3) is 5.91 Å². The van der Waals surface area contributed by atoms with E-state index in [0.717, 1.165) is 30.2 Å². The minimum atomic E-state index is -0.985. The molecule has 1 saturated heterocycles. The van der Waals surface area contributed by atoms with E-state index in [-0.39, 0.29) is 18.2 Å². The average molecular weight is 484 g/mol. The fourth-order valence-corrected chi connectivity index (χ4v) is 4.41. The summed E-state index contributed by atoms with van der Waals surface area (Å²) in [7, 11) is 0. The highest BCUT2D eigenvalue weighted by Gasteiger charge is 2.35. The Balaban J connectivity index is 1.46. The number of aromatic nitrogens is 1. The summed E-state index contributed by atoms with van der Waals surface area (Å²) in [6.07, 6.45) is 4.05. The van der Waals surface area contributed by atoms with Crippen LogP contribution in [0.2, 0.25) is 0 Å². The molecule has 10 nitrogen and oxygen atoms in total. The molecule has 1 saturated carbocycles. The molecule has 0 radical (unpaired) electrons. The summed E-state index contributed by atoms with van der Waals surface area (Å²) in [6.45, 7) is 3.13. The summed E-state index contributed by atoms with van der Waals surface area (Å²) in [5, 5.41) is 9.01. The molecule has 2 heterocycles. The van der Waals surface area contributed by atoms with Crippen molar-refractivity contribution < 1.29 is 23.9 Å². The Kier molecular flexibility index (Phi) is 7.57. The van der Waals surface area contributed by atoms with Crippen molar-refractivity contribution >= 4 is 34.5 Å². The van der Waals surface area contributed by atoms with Gasteiger partial charge >= 0.3 is 0 Å². The maximum atomic E-state index is 13.1. The van der Waals surface area contributed by atoms with Gasteiger partial charge in [0.15, 0.2) is 0 Å². The van der Waals surface area contributed by atoms with E-state index in [1.54, 1.807) is 6.07 Å². The lowest BCUT2D eigenvalue weighted by Crippen LogP contribution is -2.53. The maximum Gasteiger partial charge on any atom is 0.268 e. The van der Waals surface area contributed by atoms with Gasteiger partial charge in [-0.25, -0.2) is 0 Å². The van der Waals surface area contributed by atoms with E-state index in [1.165, 1.54) is 0 Å². The summed E-state index contributed by atoms with van der Waals surface area (Å²) < 4.78 is 5.78. The van der Waals surface area contributed by atoms with Crippen molar-refractivity contribution in [3.63, 3.8) is 0 Å². The molecular weight excluding hydrogens is 450 g/mol. The summed E-state index contributed by atoms with van der Waals surface area (Å²) in [6, 6.07) is 5.47. The number of H-pyrrole nitrogens is 1. The summed E-state index contributed by atoms with van der Waals surface area (Å²) >= 11 is 0. The second-order valence-electron chi connectivity index (χ2n) is 9.43. The lowest BCUT2D eigenvalue weighted by molar-refractivity contribution is -0.130. The SMILES string of the molecule is CCCOc1cccc2[nH]c(C(=O)N[C@@H](CC3CC3)C(=O)N[C@@H](CC3CCNC3=O)C(N)=O)cc12. The molecule has 1 aromatic heterocycles. The Morgan fingerprint density at radius 2 is 1.94 bits per heavy atom. The van der Waals surface area contributed by atoms with Gasteiger partial charge in [0.2, 0.25) is 17.7 Å². The van der Waals surface area contributed by atoms with Crippen molar-refractivity contribution in [3.8, 4) is 5.75 Å². The largest absolute Gasteiger partial charge is 0.493 e. The smallest absolute Gasteiger partial charge is 0.268 e. The lowest BCUT2D eigenvalue weighted by Gasteiger charge is -2.23. The molecule has 188 valence electrons. The third-order valence-electron chi connectivity index (χ3n) is 6.56. The quantitative estimate of drug-likeness (QED) is 0.308. The highest BCUT2D eigenvalue weighted by atomic mass is 16.5. The van der Waals surface area contributed by atoms with Crippen LogP contribution in [0.25, 0.3) is 10.9 Å². The molecule has 2 aromatic rings. The van der Waals surface area contributed by atoms with Gasteiger partial charge in [-0.1, -0.05) is 25.8 Å². The fraction of sp³-hybridized carbons (Fsp3) is 0.520. The van der Waals surface area contributed by atoms with Gasteiger partial charge < -0.3 is 31.4 Å². The highest BCUT2D eigenvalue weighted by Crippen LogP contribution is 2.34. The molecule has 0 spiro atoms. The Morgan fingerprint density at radius 1 is 1.14 bits per heavy atom. The van der Waals surface area contributed by atoms with Crippen LogP contribution in [-0.2, 0) is 14.4 Å². The Labute approximate surface area is 203 Å². The van der Waals surface area contributed by atoms with Gasteiger partial charge in [0.05, 0.1) is 6.61 Å². The number of rotatable bonds is 12. The van der Waals surface area contributed by atoms with Crippen molar-refractivity contribution in [1.29, 1.82) is 0 Å². The fourth-order valence-electron chi connectivity index (χ4n) is 4.41. The minimum absolute atomic E-state index is 0.138. The molecule has 1 aromatic carbocycles. The molecule has 4 rings (SSSR count). The second-order valence-corrected chi connectivity index (χ2v) is 9.43. The van der Waals surface area contributed by atoms with E-state index in [0.29, 0.717) is 43.4 Å². The molecule has 3 atom stereocenters. The number of hydrogen-bond donors (Lipinski definition) is 5. The van der Waals surface area contributed by atoms with Crippen molar-refractivity contribution in [2.75, 3.05) is 13.2 Å². The van der Waals surface area contributed by atoms with Crippen LogP contribution in [0.3, 0.4) is 0 Å². The number of benzene rings is 1. The molecule has 4 amide bonds. The maximum absolute atomic E-state index is 13.1. The van der Waals surface area contributed by atoms with Crippen LogP contribution in [-0.4, -0.2) is 53.8 Å². The van der Waals surface area contributed by atoms with Crippen LogP contribution in [0.5, 0.6) is 5.75 Å². The Bertz CT molecular complexity index is 1110. The monoisotopic (exact) mass is 483 g/mol. The third kappa shape index (κ3) is 6.12. The Morgan fingerprint density at radius 3 is 2.60 bits per heavy atom. The van der Waals surface area contributed by atoms with Gasteiger partial charge in [0.1, 0.15) is 23.5 Å². The van der Waals surface area contributed by atoms with Gasteiger partial charge in [-0.3, -0.25) is 19.2 Å². The zero-order valence-corrected chi connectivity index (χ0v) is 19.9. The molecule has 6 N–H and O–H groups in total. The molecule has 2 aliphatic rings. The van der Waals surface area contributed by atoms with E-state index in [9.17, 15) is 19.2 Å².